The zero-order valence-electron chi connectivity index (χ0n) is 15.8. The SMILES string of the molecule is Cc1nn(C)c(C)c1-c1cc(C(=O)N(C)CCOc2ccc(F)cc2)[nH]n1. The molecule has 0 bridgehead atoms. The normalized spacial score (nSPS) is 10.9. The van der Waals surface area contributed by atoms with Gasteiger partial charge in [0, 0.05) is 25.4 Å². The minimum Gasteiger partial charge on any atom is -0.492 e. The highest BCUT2D eigenvalue weighted by Gasteiger charge is 2.19. The molecule has 1 N–H and O–H groups in total. The molecule has 0 radical (unpaired) electrons. The third kappa shape index (κ3) is 3.99. The van der Waals surface area contributed by atoms with E-state index in [1.807, 2.05) is 20.9 Å². The third-order valence-electron chi connectivity index (χ3n) is 4.43. The summed E-state index contributed by atoms with van der Waals surface area (Å²) in [6.45, 7) is 4.56. The molecule has 2 aromatic heterocycles. The Morgan fingerprint density at radius 3 is 2.63 bits per heavy atom. The van der Waals surface area contributed by atoms with Gasteiger partial charge < -0.3 is 9.64 Å². The molecule has 0 saturated carbocycles. The summed E-state index contributed by atoms with van der Waals surface area (Å²) in [5.41, 5.74) is 3.87. The average molecular weight is 371 g/mol. The molecule has 3 aromatic rings. The van der Waals surface area contributed by atoms with Gasteiger partial charge in [-0.1, -0.05) is 0 Å². The van der Waals surface area contributed by atoms with Gasteiger partial charge in [-0.25, -0.2) is 4.39 Å². The second kappa shape index (κ2) is 7.61. The lowest BCUT2D eigenvalue weighted by Crippen LogP contribution is -2.31. The number of aryl methyl sites for hydroxylation is 2. The van der Waals surface area contributed by atoms with E-state index in [0.717, 1.165) is 17.0 Å². The van der Waals surface area contributed by atoms with Crippen molar-refractivity contribution >= 4 is 5.91 Å². The Bertz CT molecular complexity index is 946. The number of carbonyl (C=O) groups excluding carboxylic acids is 1. The van der Waals surface area contributed by atoms with Crippen molar-refractivity contribution < 1.29 is 13.9 Å². The lowest BCUT2D eigenvalue weighted by Gasteiger charge is -2.16. The molecular weight excluding hydrogens is 349 g/mol. The highest BCUT2D eigenvalue weighted by atomic mass is 19.1. The lowest BCUT2D eigenvalue weighted by atomic mass is 10.1. The summed E-state index contributed by atoms with van der Waals surface area (Å²) in [6.07, 6.45) is 0. The minimum absolute atomic E-state index is 0.185. The molecule has 7 nitrogen and oxygen atoms in total. The van der Waals surface area contributed by atoms with Gasteiger partial charge >= 0.3 is 0 Å². The second-order valence-electron chi connectivity index (χ2n) is 6.37. The van der Waals surface area contributed by atoms with E-state index in [9.17, 15) is 9.18 Å². The van der Waals surface area contributed by atoms with Crippen LogP contribution in [0.3, 0.4) is 0 Å². The topological polar surface area (TPSA) is 76.0 Å². The first-order valence-electron chi connectivity index (χ1n) is 8.56. The molecule has 0 saturated heterocycles. The number of ether oxygens (including phenoxy) is 1. The van der Waals surface area contributed by atoms with Crippen molar-refractivity contribution in [3.63, 3.8) is 0 Å². The van der Waals surface area contributed by atoms with Gasteiger partial charge in [0.1, 0.15) is 23.9 Å². The maximum absolute atomic E-state index is 12.9. The summed E-state index contributed by atoms with van der Waals surface area (Å²) in [5.74, 6) is 0.0584. The number of aromatic nitrogens is 4. The Morgan fingerprint density at radius 2 is 2.00 bits per heavy atom. The number of aromatic amines is 1. The third-order valence-corrected chi connectivity index (χ3v) is 4.43. The molecule has 1 aromatic carbocycles. The number of benzene rings is 1. The van der Waals surface area contributed by atoms with Gasteiger partial charge in [0.05, 0.1) is 17.9 Å². The Labute approximate surface area is 156 Å². The van der Waals surface area contributed by atoms with Crippen molar-refractivity contribution in [2.24, 2.45) is 7.05 Å². The van der Waals surface area contributed by atoms with E-state index in [1.165, 1.54) is 12.1 Å². The molecule has 0 aliphatic heterocycles. The maximum atomic E-state index is 12.9. The molecule has 0 aliphatic rings. The molecular formula is C19H22FN5O2. The van der Waals surface area contributed by atoms with E-state index in [2.05, 4.69) is 15.3 Å². The van der Waals surface area contributed by atoms with Gasteiger partial charge in [-0.3, -0.25) is 14.6 Å². The van der Waals surface area contributed by atoms with Crippen LogP contribution in [0.1, 0.15) is 21.9 Å². The van der Waals surface area contributed by atoms with E-state index in [1.54, 1.807) is 34.8 Å². The van der Waals surface area contributed by atoms with Crippen LogP contribution < -0.4 is 4.74 Å². The van der Waals surface area contributed by atoms with E-state index in [-0.39, 0.29) is 11.7 Å². The van der Waals surface area contributed by atoms with E-state index in [0.29, 0.717) is 30.3 Å². The van der Waals surface area contributed by atoms with E-state index >= 15 is 0 Å². The van der Waals surface area contributed by atoms with Gasteiger partial charge in [0.25, 0.3) is 5.91 Å². The number of hydrogen-bond donors (Lipinski definition) is 1. The largest absolute Gasteiger partial charge is 0.492 e. The molecule has 27 heavy (non-hydrogen) atoms. The van der Waals surface area contributed by atoms with Crippen LogP contribution >= 0.6 is 0 Å². The number of H-pyrrole nitrogens is 1. The summed E-state index contributed by atoms with van der Waals surface area (Å²) >= 11 is 0. The summed E-state index contributed by atoms with van der Waals surface area (Å²) in [4.78, 5) is 14.1. The van der Waals surface area contributed by atoms with E-state index in [4.69, 9.17) is 4.74 Å². The summed E-state index contributed by atoms with van der Waals surface area (Å²) in [7, 11) is 3.57. The zero-order chi connectivity index (χ0) is 19.6. The number of halogens is 1. The first-order chi connectivity index (χ1) is 12.9. The fourth-order valence-corrected chi connectivity index (χ4v) is 2.84. The van der Waals surface area contributed by atoms with Crippen molar-refractivity contribution in [2.45, 2.75) is 13.8 Å². The number of likely N-dealkylation sites (N-methyl/N-ethyl adjacent to an activating group) is 1. The fourth-order valence-electron chi connectivity index (χ4n) is 2.84. The van der Waals surface area contributed by atoms with Crippen LogP contribution in [0.5, 0.6) is 5.75 Å². The molecule has 142 valence electrons. The average Bonchev–Trinajstić information content (AvgIpc) is 3.20. The number of nitrogens with zero attached hydrogens (tertiary/aromatic N) is 4. The molecule has 8 heteroatoms. The molecule has 0 unspecified atom stereocenters. The minimum atomic E-state index is -0.316. The van der Waals surface area contributed by atoms with Crippen LogP contribution in [-0.2, 0) is 7.05 Å². The van der Waals surface area contributed by atoms with E-state index < -0.39 is 0 Å². The van der Waals surface area contributed by atoms with Crippen LogP contribution in [0, 0.1) is 19.7 Å². The van der Waals surface area contributed by atoms with Gasteiger partial charge in [-0.05, 0) is 44.2 Å². The smallest absolute Gasteiger partial charge is 0.271 e. The van der Waals surface area contributed by atoms with Crippen LogP contribution in [-0.4, -0.2) is 51.0 Å². The summed E-state index contributed by atoms with van der Waals surface area (Å²) in [5, 5.41) is 11.4. The highest BCUT2D eigenvalue weighted by molar-refractivity contribution is 5.93. The quantitative estimate of drug-likeness (QED) is 0.723. The van der Waals surface area contributed by atoms with Crippen molar-refractivity contribution in [1.29, 1.82) is 0 Å². The maximum Gasteiger partial charge on any atom is 0.271 e. The molecule has 2 heterocycles. The van der Waals surface area contributed by atoms with Crippen LogP contribution in [0.4, 0.5) is 4.39 Å². The first kappa shape index (κ1) is 18.6. The molecule has 0 spiro atoms. The van der Waals surface area contributed by atoms with Gasteiger partial charge in [0.2, 0.25) is 0 Å². The predicted octanol–water partition coefficient (Wildman–Crippen LogP) is 2.72. The number of nitrogens with one attached hydrogen (secondary N) is 1. The van der Waals surface area contributed by atoms with Crippen LogP contribution in [0.25, 0.3) is 11.3 Å². The Hall–Kier alpha value is -3.16. The van der Waals surface area contributed by atoms with Crippen molar-refractivity contribution in [3.8, 4) is 17.0 Å². The van der Waals surface area contributed by atoms with Gasteiger partial charge in [-0.2, -0.15) is 10.2 Å². The molecule has 0 fully saturated rings. The Balaban J connectivity index is 1.62. The van der Waals surface area contributed by atoms with Crippen molar-refractivity contribution in [1.82, 2.24) is 24.9 Å². The molecule has 1 amide bonds. The molecule has 0 atom stereocenters. The number of rotatable bonds is 6. The molecule has 0 aliphatic carbocycles. The number of amides is 1. The first-order valence-corrected chi connectivity index (χ1v) is 8.56. The summed E-state index contributed by atoms with van der Waals surface area (Å²) in [6, 6.07) is 7.50. The van der Waals surface area contributed by atoms with Crippen molar-refractivity contribution in [2.75, 3.05) is 20.2 Å². The van der Waals surface area contributed by atoms with Crippen molar-refractivity contribution in [3.05, 3.63) is 53.2 Å². The van der Waals surface area contributed by atoms with Gasteiger partial charge in [-0.15, -0.1) is 0 Å². The van der Waals surface area contributed by atoms with Gasteiger partial charge in [0.15, 0.2) is 0 Å². The Kier molecular flexibility index (Phi) is 5.25. The van der Waals surface area contributed by atoms with Crippen LogP contribution in [0.15, 0.2) is 30.3 Å². The number of hydrogen-bond acceptors (Lipinski definition) is 4. The Morgan fingerprint density at radius 1 is 1.30 bits per heavy atom. The van der Waals surface area contributed by atoms with Crippen LogP contribution in [0.2, 0.25) is 0 Å². The standard InChI is InChI=1S/C19H22FN5O2/c1-12-18(13(2)25(4)23-12)16-11-17(22-21-16)19(26)24(3)9-10-27-15-7-5-14(20)6-8-15/h5-8,11H,9-10H2,1-4H3,(H,21,22). The predicted molar refractivity (Wildman–Crippen MR) is 99.1 cm³/mol. The highest BCUT2D eigenvalue weighted by Crippen LogP contribution is 2.25. The number of carbonyl (C=O) groups is 1. The zero-order valence-corrected chi connectivity index (χ0v) is 15.8. The summed E-state index contributed by atoms with van der Waals surface area (Å²) < 4.78 is 20.2. The second-order valence-corrected chi connectivity index (χ2v) is 6.37. The monoisotopic (exact) mass is 371 g/mol. The lowest BCUT2D eigenvalue weighted by molar-refractivity contribution is 0.0768. The fraction of sp³-hybridized carbons (Fsp3) is 0.316. The molecule has 3 rings (SSSR count).